The van der Waals surface area contributed by atoms with E-state index in [0.717, 1.165) is 5.56 Å². The molecule has 0 bridgehead atoms. The van der Waals surface area contributed by atoms with Gasteiger partial charge in [0, 0.05) is 6.54 Å². The van der Waals surface area contributed by atoms with Crippen molar-refractivity contribution in [3.05, 3.63) is 48.3 Å². The minimum Gasteiger partial charge on any atom is -0.352 e. The fraction of sp³-hybridized carbons (Fsp3) is 0.400. The minimum atomic E-state index is -0.446. The van der Waals surface area contributed by atoms with Crippen molar-refractivity contribution in [1.82, 2.24) is 25.0 Å². The average molecular weight is 305 g/mol. The topological polar surface area (TPSA) is 63.1 Å². The van der Waals surface area contributed by atoms with Gasteiger partial charge in [-0.1, -0.05) is 12.1 Å². The zero-order valence-electron chi connectivity index (χ0n) is 12.9. The zero-order valence-corrected chi connectivity index (χ0v) is 12.9. The quantitative estimate of drug-likeness (QED) is 0.876. The summed E-state index contributed by atoms with van der Waals surface area (Å²) in [7, 11) is 3.78. The summed E-state index contributed by atoms with van der Waals surface area (Å²) in [6.45, 7) is 2.13. The van der Waals surface area contributed by atoms with Gasteiger partial charge in [-0.25, -0.2) is 14.1 Å². The molecule has 1 N–H and O–H groups in total. The first-order valence-electron chi connectivity index (χ1n) is 7.02. The molecule has 2 atom stereocenters. The van der Waals surface area contributed by atoms with E-state index in [9.17, 15) is 9.18 Å². The first kappa shape index (κ1) is 16.1. The highest BCUT2D eigenvalue weighted by Gasteiger charge is 2.19. The van der Waals surface area contributed by atoms with Crippen molar-refractivity contribution in [3.63, 3.8) is 0 Å². The third-order valence-electron chi connectivity index (χ3n) is 3.54. The number of likely N-dealkylation sites (N-methyl/N-ethyl adjacent to an activating group) is 1. The Balaban J connectivity index is 2.02. The van der Waals surface area contributed by atoms with E-state index in [4.69, 9.17) is 0 Å². The summed E-state index contributed by atoms with van der Waals surface area (Å²) in [5.74, 6) is -0.444. The molecule has 0 aliphatic carbocycles. The largest absolute Gasteiger partial charge is 0.352 e. The third kappa shape index (κ3) is 3.88. The summed E-state index contributed by atoms with van der Waals surface area (Å²) in [6.07, 6.45) is 2.89. The lowest BCUT2D eigenvalue weighted by Gasteiger charge is -2.25. The molecule has 118 valence electrons. The summed E-state index contributed by atoms with van der Waals surface area (Å²) in [5, 5.41) is 6.83. The molecule has 1 aromatic heterocycles. The van der Waals surface area contributed by atoms with Gasteiger partial charge in [-0.2, -0.15) is 5.10 Å². The van der Waals surface area contributed by atoms with Crippen LogP contribution in [-0.2, 0) is 4.79 Å². The Morgan fingerprint density at radius 1 is 1.45 bits per heavy atom. The first-order chi connectivity index (χ1) is 10.5. The van der Waals surface area contributed by atoms with Crippen molar-refractivity contribution in [3.8, 4) is 0 Å². The van der Waals surface area contributed by atoms with Crippen LogP contribution < -0.4 is 5.32 Å². The highest BCUT2D eigenvalue weighted by Crippen LogP contribution is 2.18. The van der Waals surface area contributed by atoms with Crippen LogP contribution in [0.3, 0.4) is 0 Å². The number of benzene rings is 1. The van der Waals surface area contributed by atoms with Crippen LogP contribution in [0.4, 0.5) is 4.39 Å². The number of carbonyl (C=O) groups is 1. The van der Waals surface area contributed by atoms with Crippen LogP contribution in [-0.4, -0.2) is 46.2 Å². The molecule has 0 aliphatic heterocycles. The van der Waals surface area contributed by atoms with E-state index in [1.807, 2.05) is 25.1 Å². The number of carbonyl (C=O) groups excluding carboxylic acids is 1. The summed E-state index contributed by atoms with van der Waals surface area (Å²) in [4.78, 5) is 17.9. The van der Waals surface area contributed by atoms with E-state index in [0.29, 0.717) is 6.54 Å². The molecule has 0 saturated heterocycles. The number of aromatic nitrogens is 3. The Labute approximate surface area is 129 Å². The highest BCUT2D eigenvalue weighted by atomic mass is 19.1. The van der Waals surface area contributed by atoms with Crippen molar-refractivity contribution >= 4 is 5.91 Å². The lowest BCUT2D eigenvalue weighted by Crippen LogP contribution is -2.38. The standard InChI is InChI=1S/C15H20FN5O/c1-11(21-10-17-9-19-21)15(22)18-8-14(20(2)3)12-5-4-6-13(16)7-12/h4-7,9-11,14H,8H2,1-3H3,(H,18,22)/t11-,14-/m0/s1. The van der Waals surface area contributed by atoms with Crippen molar-refractivity contribution in [2.24, 2.45) is 0 Å². The van der Waals surface area contributed by atoms with Crippen LogP contribution in [0.2, 0.25) is 0 Å². The molecule has 0 saturated carbocycles. The Morgan fingerprint density at radius 3 is 2.82 bits per heavy atom. The molecule has 1 aromatic carbocycles. The summed E-state index contributed by atoms with van der Waals surface area (Å²) >= 11 is 0. The van der Waals surface area contributed by atoms with Crippen LogP contribution in [0, 0.1) is 5.82 Å². The molecule has 0 unspecified atom stereocenters. The lowest BCUT2D eigenvalue weighted by molar-refractivity contribution is -0.124. The predicted molar refractivity (Wildman–Crippen MR) is 80.6 cm³/mol. The van der Waals surface area contributed by atoms with Gasteiger partial charge in [0.2, 0.25) is 5.91 Å². The maximum atomic E-state index is 13.4. The fourth-order valence-electron chi connectivity index (χ4n) is 2.19. The fourth-order valence-corrected chi connectivity index (χ4v) is 2.19. The van der Waals surface area contributed by atoms with Crippen molar-refractivity contribution in [1.29, 1.82) is 0 Å². The van der Waals surface area contributed by atoms with Gasteiger partial charge in [-0.05, 0) is 38.7 Å². The molecule has 7 heteroatoms. The van der Waals surface area contributed by atoms with Crippen LogP contribution in [0.1, 0.15) is 24.6 Å². The van der Waals surface area contributed by atoms with Crippen LogP contribution in [0.15, 0.2) is 36.9 Å². The van der Waals surface area contributed by atoms with E-state index in [1.165, 1.54) is 29.5 Å². The average Bonchev–Trinajstić information content (AvgIpc) is 3.00. The number of halogens is 1. The first-order valence-corrected chi connectivity index (χ1v) is 7.02. The number of rotatable bonds is 6. The van der Waals surface area contributed by atoms with Gasteiger partial charge in [-0.3, -0.25) is 4.79 Å². The number of nitrogens with zero attached hydrogens (tertiary/aromatic N) is 4. The number of amides is 1. The molecule has 1 amide bonds. The number of hydrogen-bond acceptors (Lipinski definition) is 4. The Bertz CT molecular complexity index is 614. The summed E-state index contributed by atoms with van der Waals surface area (Å²) < 4.78 is 14.9. The molecule has 2 aromatic rings. The molecule has 0 fully saturated rings. The number of nitrogens with one attached hydrogen (secondary N) is 1. The molecule has 0 aliphatic rings. The third-order valence-corrected chi connectivity index (χ3v) is 3.54. The smallest absolute Gasteiger partial charge is 0.244 e. The minimum absolute atomic E-state index is 0.109. The van der Waals surface area contributed by atoms with Gasteiger partial charge in [0.05, 0.1) is 6.04 Å². The maximum Gasteiger partial charge on any atom is 0.244 e. The van der Waals surface area contributed by atoms with Gasteiger partial charge >= 0.3 is 0 Å². The monoisotopic (exact) mass is 305 g/mol. The van der Waals surface area contributed by atoms with Gasteiger partial charge in [0.1, 0.15) is 24.5 Å². The molecular weight excluding hydrogens is 285 g/mol. The molecule has 2 rings (SSSR count). The van der Waals surface area contributed by atoms with Gasteiger partial charge in [0.25, 0.3) is 0 Å². The Kier molecular flexibility index (Phi) is 5.21. The van der Waals surface area contributed by atoms with Crippen LogP contribution in [0.25, 0.3) is 0 Å². The van der Waals surface area contributed by atoms with Crippen LogP contribution in [0.5, 0.6) is 0 Å². The van der Waals surface area contributed by atoms with Crippen molar-refractivity contribution in [2.75, 3.05) is 20.6 Å². The second kappa shape index (κ2) is 7.13. The van der Waals surface area contributed by atoms with Gasteiger partial charge in [0.15, 0.2) is 0 Å². The normalized spacial score (nSPS) is 13.9. The molecule has 0 radical (unpaired) electrons. The van der Waals surface area contributed by atoms with Crippen LogP contribution >= 0.6 is 0 Å². The van der Waals surface area contributed by atoms with E-state index >= 15 is 0 Å². The van der Waals surface area contributed by atoms with E-state index in [2.05, 4.69) is 15.4 Å². The molecule has 0 spiro atoms. The predicted octanol–water partition coefficient (Wildman–Crippen LogP) is 1.40. The second-order valence-electron chi connectivity index (χ2n) is 5.33. The second-order valence-corrected chi connectivity index (χ2v) is 5.33. The zero-order chi connectivity index (χ0) is 16.1. The summed E-state index contributed by atoms with van der Waals surface area (Å²) in [5.41, 5.74) is 0.818. The molecule has 1 heterocycles. The van der Waals surface area contributed by atoms with Gasteiger partial charge in [-0.15, -0.1) is 0 Å². The Morgan fingerprint density at radius 2 is 2.23 bits per heavy atom. The molecular formula is C15H20FN5O. The Hall–Kier alpha value is -2.28. The SMILES string of the molecule is C[C@@H](C(=O)NC[C@@H](c1cccc(F)c1)N(C)C)n1cncn1. The van der Waals surface area contributed by atoms with Crippen molar-refractivity contribution < 1.29 is 9.18 Å². The van der Waals surface area contributed by atoms with Gasteiger partial charge < -0.3 is 10.2 Å². The van der Waals surface area contributed by atoms with E-state index in [-0.39, 0.29) is 17.8 Å². The van der Waals surface area contributed by atoms with E-state index < -0.39 is 6.04 Å². The maximum absolute atomic E-state index is 13.4. The summed E-state index contributed by atoms with van der Waals surface area (Å²) in [6, 6.07) is 5.85. The molecule has 22 heavy (non-hydrogen) atoms. The lowest BCUT2D eigenvalue weighted by atomic mass is 10.1. The van der Waals surface area contributed by atoms with E-state index in [1.54, 1.807) is 13.0 Å². The highest BCUT2D eigenvalue weighted by molar-refractivity contribution is 5.79. The van der Waals surface area contributed by atoms with Crippen molar-refractivity contribution in [2.45, 2.75) is 19.0 Å². The number of hydrogen-bond donors (Lipinski definition) is 1. The molecule has 6 nitrogen and oxygen atoms in total.